The molecule has 2 atom stereocenters. The van der Waals surface area contributed by atoms with E-state index in [0.29, 0.717) is 12.3 Å². The van der Waals surface area contributed by atoms with Crippen LogP contribution in [0.15, 0.2) is 18.2 Å². The molecule has 1 saturated heterocycles. The second kappa shape index (κ2) is 6.97. The highest BCUT2D eigenvalue weighted by molar-refractivity contribution is 5.81. The topological polar surface area (TPSA) is 29.5 Å². The maximum absolute atomic E-state index is 12.6. The van der Waals surface area contributed by atoms with E-state index in [1.165, 1.54) is 17.5 Å². The van der Waals surface area contributed by atoms with E-state index in [4.69, 9.17) is 4.74 Å². The minimum Gasteiger partial charge on any atom is -0.481 e. The van der Waals surface area contributed by atoms with E-state index in [0.717, 1.165) is 25.3 Å². The van der Waals surface area contributed by atoms with Crippen LogP contribution in [0, 0.1) is 19.8 Å². The maximum Gasteiger partial charge on any atom is 0.263 e. The van der Waals surface area contributed by atoms with Crippen molar-refractivity contribution >= 4 is 5.91 Å². The van der Waals surface area contributed by atoms with Crippen LogP contribution in [0.1, 0.15) is 44.2 Å². The highest BCUT2D eigenvalue weighted by Crippen LogP contribution is 2.21. The molecule has 0 bridgehead atoms. The molecule has 1 heterocycles. The monoisotopic (exact) mass is 289 g/mol. The molecule has 0 N–H and O–H groups in total. The fourth-order valence-corrected chi connectivity index (χ4v) is 2.85. The van der Waals surface area contributed by atoms with Crippen molar-refractivity contribution < 1.29 is 9.53 Å². The predicted molar refractivity (Wildman–Crippen MR) is 85.6 cm³/mol. The lowest BCUT2D eigenvalue weighted by molar-refractivity contribution is -0.140. The number of hydrogen-bond donors (Lipinski definition) is 0. The molecule has 0 saturated carbocycles. The predicted octanol–water partition coefficient (Wildman–Crippen LogP) is 3.72. The van der Waals surface area contributed by atoms with Crippen molar-refractivity contribution in [3.63, 3.8) is 0 Å². The molecule has 1 amide bonds. The van der Waals surface area contributed by atoms with Gasteiger partial charge in [-0.3, -0.25) is 4.79 Å². The van der Waals surface area contributed by atoms with Crippen molar-refractivity contribution in [1.82, 2.24) is 4.90 Å². The first-order valence-corrected chi connectivity index (χ1v) is 8.04. The summed E-state index contributed by atoms with van der Waals surface area (Å²) in [5.41, 5.74) is 2.44. The van der Waals surface area contributed by atoms with Gasteiger partial charge in [0.15, 0.2) is 6.10 Å². The van der Waals surface area contributed by atoms with Crippen molar-refractivity contribution in [1.29, 1.82) is 0 Å². The Balaban J connectivity index is 2.04. The maximum atomic E-state index is 12.6. The second-order valence-electron chi connectivity index (χ2n) is 6.29. The average molecular weight is 289 g/mol. The number of rotatable bonds is 4. The summed E-state index contributed by atoms with van der Waals surface area (Å²) in [7, 11) is 0. The SMILES string of the molecule is CC[C@H](Oc1ccc(C)c(C)c1)C(=O)N1CCC[C@@H](C)C1. The molecule has 116 valence electrons. The minimum absolute atomic E-state index is 0.141. The summed E-state index contributed by atoms with van der Waals surface area (Å²) >= 11 is 0. The fourth-order valence-electron chi connectivity index (χ4n) is 2.85. The Bertz CT molecular complexity index is 498. The summed E-state index contributed by atoms with van der Waals surface area (Å²) in [6.07, 6.45) is 2.67. The fraction of sp³-hybridized carbons (Fsp3) is 0.611. The molecule has 3 nitrogen and oxygen atoms in total. The molecule has 3 heteroatoms. The number of hydrogen-bond acceptors (Lipinski definition) is 2. The van der Waals surface area contributed by atoms with E-state index >= 15 is 0 Å². The van der Waals surface area contributed by atoms with Gasteiger partial charge in [0, 0.05) is 13.1 Å². The zero-order chi connectivity index (χ0) is 15.4. The molecule has 21 heavy (non-hydrogen) atoms. The minimum atomic E-state index is -0.364. The van der Waals surface area contributed by atoms with E-state index in [-0.39, 0.29) is 12.0 Å². The van der Waals surface area contributed by atoms with E-state index < -0.39 is 0 Å². The number of carbonyl (C=O) groups is 1. The Hall–Kier alpha value is -1.51. The Kier molecular flexibility index (Phi) is 5.27. The second-order valence-corrected chi connectivity index (χ2v) is 6.29. The van der Waals surface area contributed by atoms with E-state index in [9.17, 15) is 4.79 Å². The van der Waals surface area contributed by atoms with E-state index in [1.807, 2.05) is 30.0 Å². The lowest BCUT2D eigenvalue weighted by Crippen LogP contribution is -2.46. The molecule has 0 aromatic heterocycles. The molecule has 1 aliphatic heterocycles. The van der Waals surface area contributed by atoms with Gasteiger partial charge in [0.25, 0.3) is 5.91 Å². The quantitative estimate of drug-likeness (QED) is 0.845. The summed E-state index contributed by atoms with van der Waals surface area (Å²) < 4.78 is 5.96. The number of aryl methyl sites for hydroxylation is 2. The summed E-state index contributed by atoms with van der Waals surface area (Å²) in [5, 5.41) is 0. The van der Waals surface area contributed by atoms with Crippen molar-refractivity contribution in [2.24, 2.45) is 5.92 Å². The summed E-state index contributed by atoms with van der Waals surface area (Å²) in [4.78, 5) is 14.6. The number of likely N-dealkylation sites (tertiary alicyclic amines) is 1. The van der Waals surface area contributed by atoms with Gasteiger partial charge in [-0.05, 0) is 62.3 Å². The molecule has 0 radical (unpaired) electrons. The first-order valence-electron chi connectivity index (χ1n) is 8.04. The Morgan fingerprint density at radius 2 is 2.14 bits per heavy atom. The van der Waals surface area contributed by atoms with Gasteiger partial charge in [-0.2, -0.15) is 0 Å². The van der Waals surface area contributed by atoms with Crippen molar-refractivity contribution in [3.8, 4) is 5.75 Å². The van der Waals surface area contributed by atoms with Crippen LogP contribution in [0.2, 0.25) is 0 Å². The molecule has 0 aliphatic carbocycles. The number of ether oxygens (including phenoxy) is 1. The van der Waals surface area contributed by atoms with Crippen LogP contribution in [0.3, 0.4) is 0 Å². The lowest BCUT2D eigenvalue weighted by atomic mass is 9.99. The third-order valence-electron chi connectivity index (χ3n) is 4.37. The Morgan fingerprint density at radius 3 is 2.76 bits per heavy atom. The molecule has 2 rings (SSSR count). The molecule has 1 fully saturated rings. The molecule has 0 spiro atoms. The van der Waals surface area contributed by atoms with Gasteiger partial charge in [0.1, 0.15) is 5.75 Å². The Morgan fingerprint density at radius 1 is 1.38 bits per heavy atom. The first-order chi connectivity index (χ1) is 10.0. The van der Waals surface area contributed by atoms with Gasteiger partial charge in [-0.15, -0.1) is 0 Å². The largest absolute Gasteiger partial charge is 0.481 e. The number of benzene rings is 1. The summed E-state index contributed by atoms with van der Waals surface area (Å²) in [6, 6.07) is 6.02. The molecular formula is C18H27NO2. The van der Waals surface area contributed by atoms with E-state index in [2.05, 4.69) is 20.8 Å². The molecule has 1 aromatic carbocycles. The highest BCUT2D eigenvalue weighted by Gasteiger charge is 2.27. The zero-order valence-corrected chi connectivity index (χ0v) is 13.7. The zero-order valence-electron chi connectivity index (χ0n) is 13.7. The van der Waals surface area contributed by atoms with Crippen molar-refractivity contribution in [2.45, 2.75) is 53.1 Å². The lowest BCUT2D eigenvalue weighted by Gasteiger charge is -2.33. The number of nitrogens with zero attached hydrogens (tertiary/aromatic N) is 1. The van der Waals surface area contributed by atoms with Gasteiger partial charge >= 0.3 is 0 Å². The molecular weight excluding hydrogens is 262 g/mol. The highest BCUT2D eigenvalue weighted by atomic mass is 16.5. The van der Waals surface area contributed by atoms with Crippen molar-refractivity contribution in [2.75, 3.05) is 13.1 Å². The van der Waals surface area contributed by atoms with Crippen LogP contribution in [0.4, 0.5) is 0 Å². The van der Waals surface area contributed by atoms with Crippen LogP contribution in [-0.2, 0) is 4.79 Å². The average Bonchev–Trinajstić information content (AvgIpc) is 2.47. The van der Waals surface area contributed by atoms with Crippen LogP contribution in [0.25, 0.3) is 0 Å². The third-order valence-corrected chi connectivity index (χ3v) is 4.37. The molecule has 1 aromatic rings. The van der Waals surface area contributed by atoms with Crippen LogP contribution < -0.4 is 4.74 Å². The Labute approximate surface area is 128 Å². The molecule has 0 unspecified atom stereocenters. The molecule has 1 aliphatic rings. The third kappa shape index (κ3) is 3.99. The van der Waals surface area contributed by atoms with E-state index in [1.54, 1.807) is 0 Å². The van der Waals surface area contributed by atoms with Gasteiger partial charge < -0.3 is 9.64 Å². The van der Waals surface area contributed by atoms with Gasteiger partial charge in [0.05, 0.1) is 0 Å². The smallest absolute Gasteiger partial charge is 0.263 e. The first kappa shape index (κ1) is 15.9. The van der Waals surface area contributed by atoms with Gasteiger partial charge in [-0.25, -0.2) is 0 Å². The van der Waals surface area contributed by atoms with Crippen LogP contribution in [0.5, 0.6) is 5.75 Å². The summed E-state index contributed by atoms with van der Waals surface area (Å²) in [5.74, 6) is 1.53. The number of amides is 1. The normalized spacial score (nSPS) is 20.2. The van der Waals surface area contributed by atoms with Crippen LogP contribution in [-0.4, -0.2) is 30.0 Å². The van der Waals surface area contributed by atoms with Crippen molar-refractivity contribution in [3.05, 3.63) is 29.3 Å². The van der Waals surface area contributed by atoms with Crippen LogP contribution >= 0.6 is 0 Å². The van der Waals surface area contributed by atoms with Gasteiger partial charge in [-0.1, -0.05) is 19.9 Å². The standard InChI is InChI=1S/C18H27NO2/c1-5-17(18(20)19-10-6-7-13(2)12-19)21-16-9-8-14(3)15(4)11-16/h8-9,11,13,17H,5-7,10,12H2,1-4H3/t13-,17+/m1/s1. The number of carbonyl (C=O) groups excluding carboxylic acids is 1. The summed E-state index contributed by atoms with van der Waals surface area (Å²) in [6.45, 7) is 10.1. The van der Waals surface area contributed by atoms with Gasteiger partial charge in [0.2, 0.25) is 0 Å². The number of piperidine rings is 1.